The first-order valence-electron chi connectivity index (χ1n) is 3.79. The molecule has 0 aliphatic rings. The first-order valence-corrected chi connectivity index (χ1v) is 3.79. The summed E-state index contributed by atoms with van der Waals surface area (Å²) in [7, 11) is 0. The van der Waals surface area contributed by atoms with E-state index >= 15 is 0 Å². The lowest BCUT2D eigenvalue weighted by atomic mass is 10.0. The lowest BCUT2D eigenvalue weighted by Crippen LogP contribution is -1.97. The summed E-state index contributed by atoms with van der Waals surface area (Å²) < 4.78 is 13.2. The molecule has 0 fully saturated rings. The zero-order chi connectivity index (χ0) is 9.30. The number of aryl methyl sites for hydroxylation is 1. The van der Waals surface area contributed by atoms with E-state index in [-0.39, 0.29) is 5.56 Å². The van der Waals surface area contributed by atoms with Gasteiger partial charge < -0.3 is 0 Å². The summed E-state index contributed by atoms with van der Waals surface area (Å²) in [5.41, 5.74) is 2.59. The van der Waals surface area contributed by atoms with E-state index in [1.54, 1.807) is 13.0 Å². The molecule has 0 N–H and O–H groups in total. The van der Waals surface area contributed by atoms with Crippen molar-refractivity contribution in [3.05, 3.63) is 34.1 Å². The molecular weight excluding hydrogens is 155 g/mol. The number of carbonyl (C=O) groups excluding carboxylic acids is 1. The van der Waals surface area contributed by atoms with Crippen LogP contribution in [0.4, 0.5) is 4.39 Å². The van der Waals surface area contributed by atoms with Crippen molar-refractivity contribution < 1.29 is 9.18 Å². The topological polar surface area (TPSA) is 17.1 Å². The van der Waals surface area contributed by atoms with Crippen LogP contribution in [0.2, 0.25) is 0 Å². The Bertz CT molecular complexity index is 329. The van der Waals surface area contributed by atoms with E-state index in [9.17, 15) is 9.18 Å². The van der Waals surface area contributed by atoms with Gasteiger partial charge >= 0.3 is 0 Å². The second-order valence-corrected chi connectivity index (χ2v) is 2.96. The predicted molar refractivity (Wildman–Crippen MR) is 46.0 cm³/mol. The van der Waals surface area contributed by atoms with Crippen LogP contribution in [0.1, 0.15) is 27.0 Å². The van der Waals surface area contributed by atoms with E-state index < -0.39 is 5.82 Å². The number of hydrogen-bond donors (Lipinski definition) is 0. The highest BCUT2D eigenvalue weighted by molar-refractivity contribution is 5.76. The second kappa shape index (κ2) is 3.05. The molecule has 0 saturated heterocycles. The summed E-state index contributed by atoms with van der Waals surface area (Å²) in [6.07, 6.45) is 0.550. The van der Waals surface area contributed by atoms with E-state index in [0.29, 0.717) is 11.8 Å². The van der Waals surface area contributed by atoms with Gasteiger partial charge in [0.2, 0.25) is 0 Å². The standard InChI is InChI=1S/C10H11FO/c1-6-4-9(5-12)10(11)8(3)7(6)2/h4-5H,1-3H3. The Balaban J connectivity index is 3.49. The third-order valence-electron chi connectivity index (χ3n) is 2.24. The lowest BCUT2D eigenvalue weighted by Gasteiger charge is -2.07. The van der Waals surface area contributed by atoms with Crippen molar-refractivity contribution >= 4 is 6.29 Å². The highest BCUT2D eigenvalue weighted by Crippen LogP contribution is 2.18. The van der Waals surface area contributed by atoms with E-state index in [2.05, 4.69) is 0 Å². The number of benzene rings is 1. The Morgan fingerprint density at radius 3 is 2.33 bits per heavy atom. The van der Waals surface area contributed by atoms with Gasteiger partial charge in [0.1, 0.15) is 5.82 Å². The molecule has 0 spiro atoms. The fourth-order valence-corrected chi connectivity index (χ4v) is 1.17. The number of aldehydes is 1. The quantitative estimate of drug-likeness (QED) is 0.586. The minimum atomic E-state index is -0.395. The maximum Gasteiger partial charge on any atom is 0.153 e. The van der Waals surface area contributed by atoms with Gasteiger partial charge in [0.25, 0.3) is 0 Å². The molecule has 0 radical (unpaired) electrons. The van der Waals surface area contributed by atoms with E-state index in [1.807, 2.05) is 13.8 Å². The molecule has 0 saturated carbocycles. The van der Waals surface area contributed by atoms with Gasteiger partial charge in [-0.25, -0.2) is 4.39 Å². The Morgan fingerprint density at radius 1 is 1.25 bits per heavy atom. The molecule has 0 heterocycles. The summed E-state index contributed by atoms with van der Waals surface area (Å²) >= 11 is 0. The molecule has 1 aromatic rings. The van der Waals surface area contributed by atoms with Crippen LogP contribution in [0, 0.1) is 26.6 Å². The molecular formula is C10H11FO. The molecule has 0 aliphatic heterocycles. The SMILES string of the molecule is Cc1cc(C=O)c(F)c(C)c1C. The summed E-state index contributed by atoms with van der Waals surface area (Å²) in [6, 6.07) is 1.57. The Kier molecular flexibility index (Phi) is 2.27. The van der Waals surface area contributed by atoms with Gasteiger partial charge in [0.05, 0.1) is 5.56 Å². The van der Waals surface area contributed by atoms with Crippen molar-refractivity contribution in [3.63, 3.8) is 0 Å². The average Bonchev–Trinajstić information content (AvgIpc) is 2.08. The molecule has 0 amide bonds. The average molecular weight is 166 g/mol. The molecule has 0 atom stereocenters. The van der Waals surface area contributed by atoms with Crippen molar-refractivity contribution in [2.75, 3.05) is 0 Å². The van der Waals surface area contributed by atoms with Crippen LogP contribution in [0.5, 0.6) is 0 Å². The Hall–Kier alpha value is -1.18. The van der Waals surface area contributed by atoms with Crippen LogP contribution >= 0.6 is 0 Å². The minimum absolute atomic E-state index is 0.149. The zero-order valence-electron chi connectivity index (χ0n) is 7.44. The fraction of sp³-hybridized carbons (Fsp3) is 0.300. The largest absolute Gasteiger partial charge is 0.298 e. The van der Waals surface area contributed by atoms with Gasteiger partial charge in [0.15, 0.2) is 6.29 Å². The van der Waals surface area contributed by atoms with Crippen LogP contribution < -0.4 is 0 Å². The molecule has 1 aromatic carbocycles. The van der Waals surface area contributed by atoms with Crippen molar-refractivity contribution in [2.24, 2.45) is 0 Å². The fourth-order valence-electron chi connectivity index (χ4n) is 1.17. The van der Waals surface area contributed by atoms with Crippen LogP contribution in [-0.4, -0.2) is 6.29 Å². The Morgan fingerprint density at radius 2 is 1.83 bits per heavy atom. The molecule has 64 valence electrons. The maximum atomic E-state index is 13.2. The van der Waals surface area contributed by atoms with Crippen LogP contribution in [0.15, 0.2) is 6.07 Å². The van der Waals surface area contributed by atoms with E-state index in [0.717, 1.165) is 11.1 Å². The van der Waals surface area contributed by atoms with Crippen LogP contribution in [-0.2, 0) is 0 Å². The minimum Gasteiger partial charge on any atom is -0.298 e. The summed E-state index contributed by atoms with van der Waals surface area (Å²) in [4.78, 5) is 10.4. The van der Waals surface area contributed by atoms with Gasteiger partial charge in [-0.05, 0) is 43.5 Å². The summed E-state index contributed by atoms with van der Waals surface area (Å²) in [5, 5.41) is 0. The first kappa shape index (κ1) is 8.91. The molecule has 0 aliphatic carbocycles. The van der Waals surface area contributed by atoms with Crippen molar-refractivity contribution in [2.45, 2.75) is 20.8 Å². The molecule has 0 bridgehead atoms. The summed E-state index contributed by atoms with van der Waals surface area (Å²) in [5.74, 6) is -0.395. The zero-order valence-corrected chi connectivity index (χ0v) is 7.44. The predicted octanol–water partition coefficient (Wildman–Crippen LogP) is 2.56. The third kappa shape index (κ3) is 1.24. The van der Waals surface area contributed by atoms with Gasteiger partial charge in [-0.3, -0.25) is 4.79 Å². The second-order valence-electron chi connectivity index (χ2n) is 2.96. The van der Waals surface area contributed by atoms with Gasteiger partial charge in [0, 0.05) is 0 Å². The molecule has 1 rings (SSSR count). The Labute approximate surface area is 71.2 Å². The highest BCUT2D eigenvalue weighted by atomic mass is 19.1. The number of hydrogen-bond acceptors (Lipinski definition) is 1. The van der Waals surface area contributed by atoms with Gasteiger partial charge in [-0.2, -0.15) is 0 Å². The van der Waals surface area contributed by atoms with Crippen molar-refractivity contribution in [3.8, 4) is 0 Å². The third-order valence-corrected chi connectivity index (χ3v) is 2.24. The van der Waals surface area contributed by atoms with E-state index in [1.165, 1.54) is 0 Å². The summed E-state index contributed by atoms with van der Waals surface area (Å²) in [6.45, 7) is 5.40. The van der Waals surface area contributed by atoms with Gasteiger partial charge in [-0.15, -0.1) is 0 Å². The van der Waals surface area contributed by atoms with Crippen LogP contribution in [0.3, 0.4) is 0 Å². The van der Waals surface area contributed by atoms with Crippen molar-refractivity contribution in [1.82, 2.24) is 0 Å². The van der Waals surface area contributed by atoms with Crippen molar-refractivity contribution in [1.29, 1.82) is 0 Å². The molecule has 0 unspecified atom stereocenters. The number of carbonyl (C=O) groups is 1. The molecule has 0 aromatic heterocycles. The first-order chi connectivity index (χ1) is 5.57. The van der Waals surface area contributed by atoms with E-state index in [4.69, 9.17) is 0 Å². The van der Waals surface area contributed by atoms with Crippen LogP contribution in [0.25, 0.3) is 0 Å². The molecule has 1 nitrogen and oxygen atoms in total. The number of rotatable bonds is 1. The highest BCUT2D eigenvalue weighted by Gasteiger charge is 2.08. The normalized spacial score (nSPS) is 10.0. The lowest BCUT2D eigenvalue weighted by molar-refractivity contribution is 0.111. The van der Waals surface area contributed by atoms with Gasteiger partial charge in [-0.1, -0.05) is 0 Å². The number of halogens is 1. The monoisotopic (exact) mass is 166 g/mol. The molecule has 12 heavy (non-hydrogen) atoms. The maximum absolute atomic E-state index is 13.2. The smallest absolute Gasteiger partial charge is 0.153 e. The molecule has 2 heteroatoms.